The number of hydrogen-bond donors (Lipinski definition) is 2. The molecule has 30 heavy (non-hydrogen) atoms. The molecule has 2 heterocycles. The van der Waals surface area contributed by atoms with E-state index in [1.807, 2.05) is 35.4 Å². The SMILES string of the molecule is CCNC(=NCC1CC(=O)N(CCc2ccccc2)C1)NCCc1cccnc1.I. The number of guanidine groups is 1. The van der Waals surface area contributed by atoms with E-state index in [0.717, 1.165) is 45.0 Å². The van der Waals surface area contributed by atoms with Crippen molar-refractivity contribution in [3.05, 3.63) is 66.0 Å². The largest absolute Gasteiger partial charge is 0.357 e. The van der Waals surface area contributed by atoms with E-state index in [0.29, 0.717) is 13.0 Å². The van der Waals surface area contributed by atoms with Crippen LogP contribution in [0.25, 0.3) is 0 Å². The number of pyridine rings is 1. The molecule has 162 valence electrons. The summed E-state index contributed by atoms with van der Waals surface area (Å²) in [7, 11) is 0. The second-order valence-electron chi connectivity index (χ2n) is 7.40. The molecule has 1 aromatic carbocycles. The van der Waals surface area contributed by atoms with E-state index in [-0.39, 0.29) is 35.8 Å². The van der Waals surface area contributed by atoms with Crippen molar-refractivity contribution in [2.24, 2.45) is 10.9 Å². The van der Waals surface area contributed by atoms with Gasteiger partial charge in [0.2, 0.25) is 5.91 Å². The van der Waals surface area contributed by atoms with Gasteiger partial charge in [-0.2, -0.15) is 0 Å². The van der Waals surface area contributed by atoms with Crippen molar-refractivity contribution in [3.63, 3.8) is 0 Å². The van der Waals surface area contributed by atoms with Crippen LogP contribution in [0.5, 0.6) is 0 Å². The van der Waals surface area contributed by atoms with Gasteiger partial charge in [0, 0.05) is 57.5 Å². The quantitative estimate of drug-likeness (QED) is 0.303. The number of amides is 1. The van der Waals surface area contributed by atoms with Crippen molar-refractivity contribution in [2.75, 3.05) is 32.7 Å². The van der Waals surface area contributed by atoms with E-state index in [2.05, 4.69) is 40.7 Å². The number of carbonyl (C=O) groups excluding carboxylic acids is 1. The summed E-state index contributed by atoms with van der Waals surface area (Å²) in [6.45, 7) is 5.91. The number of nitrogens with one attached hydrogen (secondary N) is 2. The Kier molecular flexibility index (Phi) is 10.6. The third-order valence-corrected chi connectivity index (χ3v) is 5.09. The summed E-state index contributed by atoms with van der Waals surface area (Å²) in [5.41, 5.74) is 2.47. The van der Waals surface area contributed by atoms with Crippen molar-refractivity contribution in [3.8, 4) is 0 Å². The Balaban J connectivity index is 0.00000320. The van der Waals surface area contributed by atoms with Gasteiger partial charge in [0.15, 0.2) is 5.96 Å². The molecule has 1 aliphatic rings. The van der Waals surface area contributed by atoms with Crippen LogP contribution in [0, 0.1) is 5.92 Å². The van der Waals surface area contributed by atoms with Crippen molar-refractivity contribution in [1.82, 2.24) is 20.5 Å². The Labute approximate surface area is 196 Å². The Bertz CT molecular complexity index is 785. The van der Waals surface area contributed by atoms with Crippen molar-refractivity contribution in [1.29, 1.82) is 0 Å². The number of halogens is 1. The van der Waals surface area contributed by atoms with Gasteiger partial charge in [-0.1, -0.05) is 36.4 Å². The van der Waals surface area contributed by atoms with Crippen molar-refractivity contribution >= 4 is 35.8 Å². The Morgan fingerprint density at radius 2 is 1.93 bits per heavy atom. The monoisotopic (exact) mass is 521 g/mol. The molecule has 1 atom stereocenters. The molecular weight excluding hydrogens is 489 g/mol. The molecule has 1 fully saturated rings. The summed E-state index contributed by atoms with van der Waals surface area (Å²) in [6.07, 6.45) is 6.07. The zero-order chi connectivity index (χ0) is 20.3. The van der Waals surface area contributed by atoms with E-state index in [4.69, 9.17) is 4.99 Å². The number of hydrogen-bond acceptors (Lipinski definition) is 3. The molecule has 6 nitrogen and oxygen atoms in total. The number of aromatic nitrogens is 1. The number of carbonyl (C=O) groups is 1. The topological polar surface area (TPSA) is 69.6 Å². The third-order valence-electron chi connectivity index (χ3n) is 5.09. The molecule has 1 saturated heterocycles. The summed E-state index contributed by atoms with van der Waals surface area (Å²) in [4.78, 5) is 23.2. The Morgan fingerprint density at radius 1 is 1.13 bits per heavy atom. The first-order valence-electron chi connectivity index (χ1n) is 10.5. The lowest BCUT2D eigenvalue weighted by atomic mass is 10.1. The van der Waals surface area contributed by atoms with Gasteiger partial charge in [-0.3, -0.25) is 14.8 Å². The lowest BCUT2D eigenvalue weighted by Crippen LogP contribution is -2.38. The van der Waals surface area contributed by atoms with E-state index >= 15 is 0 Å². The number of rotatable bonds is 9. The third kappa shape index (κ3) is 7.93. The maximum Gasteiger partial charge on any atom is 0.223 e. The van der Waals surface area contributed by atoms with Crippen LogP contribution in [-0.4, -0.2) is 54.5 Å². The van der Waals surface area contributed by atoms with Gasteiger partial charge < -0.3 is 15.5 Å². The molecule has 3 rings (SSSR count). The fourth-order valence-electron chi connectivity index (χ4n) is 3.53. The molecule has 0 bridgehead atoms. The minimum Gasteiger partial charge on any atom is -0.357 e. The van der Waals surface area contributed by atoms with Crippen LogP contribution in [0.3, 0.4) is 0 Å². The van der Waals surface area contributed by atoms with E-state index in [1.54, 1.807) is 6.20 Å². The van der Waals surface area contributed by atoms with E-state index in [1.165, 1.54) is 11.1 Å². The second kappa shape index (κ2) is 13.2. The highest BCUT2D eigenvalue weighted by Crippen LogP contribution is 2.18. The fraction of sp³-hybridized carbons (Fsp3) is 0.435. The van der Waals surface area contributed by atoms with Crippen LogP contribution in [0.15, 0.2) is 59.9 Å². The van der Waals surface area contributed by atoms with Gasteiger partial charge in [0.1, 0.15) is 0 Å². The van der Waals surface area contributed by atoms with Crippen LogP contribution in [0.1, 0.15) is 24.5 Å². The molecule has 2 N–H and O–H groups in total. The summed E-state index contributed by atoms with van der Waals surface area (Å²) >= 11 is 0. The first kappa shape index (κ1) is 24.1. The van der Waals surface area contributed by atoms with Crippen LogP contribution in [-0.2, 0) is 17.6 Å². The van der Waals surface area contributed by atoms with Crippen molar-refractivity contribution in [2.45, 2.75) is 26.2 Å². The molecule has 1 amide bonds. The summed E-state index contributed by atoms with van der Waals surface area (Å²) in [5, 5.41) is 6.66. The predicted octanol–water partition coefficient (Wildman–Crippen LogP) is 2.89. The number of aliphatic imine (C=N–C) groups is 1. The molecule has 0 radical (unpaired) electrons. The van der Waals surface area contributed by atoms with Crippen LogP contribution >= 0.6 is 24.0 Å². The molecule has 0 spiro atoms. The van der Waals surface area contributed by atoms with Gasteiger partial charge in [0.25, 0.3) is 0 Å². The van der Waals surface area contributed by atoms with Crippen LogP contribution < -0.4 is 10.6 Å². The minimum atomic E-state index is 0. The zero-order valence-corrected chi connectivity index (χ0v) is 19.9. The Morgan fingerprint density at radius 3 is 2.67 bits per heavy atom. The summed E-state index contributed by atoms with van der Waals surface area (Å²) in [5.74, 6) is 1.34. The average Bonchev–Trinajstić information content (AvgIpc) is 3.11. The number of likely N-dealkylation sites (tertiary alicyclic amines) is 1. The molecular formula is C23H32IN5O. The molecule has 1 aromatic heterocycles. The Hall–Kier alpha value is -2.16. The minimum absolute atomic E-state index is 0. The van der Waals surface area contributed by atoms with Gasteiger partial charge >= 0.3 is 0 Å². The predicted molar refractivity (Wildman–Crippen MR) is 132 cm³/mol. The molecule has 0 saturated carbocycles. The summed E-state index contributed by atoms with van der Waals surface area (Å²) < 4.78 is 0. The maximum absolute atomic E-state index is 12.3. The van der Waals surface area contributed by atoms with Gasteiger partial charge in [-0.05, 0) is 37.0 Å². The van der Waals surface area contributed by atoms with Gasteiger partial charge in [-0.15, -0.1) is 24.0 Å². The van der Waals surface area contributed by atoms with E-state index < -0.39 is 0 Å². The molecule has 0 aliphatic carbocycles. The zero-order valence-electron chi connectivity index (χ0n) is 17.6. The molecule has 1 aliphatic heterocycles. The maximum atomic E-state index is 12.3. The fourth-order valence-corrected chi connectivity index (χ4v) is 3.53. The van der Waals surface area contributed by atoms with Crippen molar-refractivity contribution < 1.29 is 4.79 Å². The smallest absolute Gasteiger partial charge is 0.223 e. The van der Waals surface area contributed by atoms with Crippen LogP contribution in [0.2, 0.25) is 0 Å². The first-order chi connectivity index (χ1) is 14.2. The second-order valence-corrected chi connectivity index (χ2v) is 7.40. The molecule has 7 heteroatoms. The number of nitrogens with zero attached hydrogens (tertiary/aromatic N) is 3. The molecule has 1 unspecified atom stereocenters. The standard InChI is InChI=1S/C23H31N5O.HI/c1-2-25-23(26-13-10-20-9-6-12-24-16-20)27-17-21-15-22(29)28(18-21)14-11-19-7-4-3-5-8-19;/h3-9,12,16,21H,2,10-11,13-15,17-18H2,1H3,(H2,25,26,27);1H. The first-order valence-corrected chi connectivity index (χ1v) is 10.5. The highest BCUT2D eigenvalue weighted by molar-refractivity contribution is 14.0. The van der Waals surface area contributed by atoms with Gasteiger partial charge in [-0.25, -0.2) is 0 Å². The van der Waals surface area contributed by atoms with Crippen LogP contribution in [0.4, 0.5) is 0 Å². The number of benzene rings is 1. The van der Waals surface area contributed by atoms with E-state index in [9.17, 15) is 4.79 Å². The lowest BCUT2D eigenvalue weighted by molar-refractivity contribution is -0.127. The highest BCUT2D eigenvalue weighted by atomic mass is 127. The van der Waals surface area contributed by atoms with Gasteiger partial charge in [0.05, 0.1) is 0 Å². The lowest BCUT2D eigenvalue weighted by Gasteiger charge is -2.16. The average molecular weight is 521 g/mol. The highest BCUT2D eigenvalue weighted by Gasteiger charge is 2.28. The normalized spacial score (nSPS) is 16.3. The molecule has 2 aromatic rings. The summed E-state index contributed by atoms with van der Waals surface area (Å²) in [6, 6.07) is 14.4.